The van der Waals surface area contributed by atoms with E-state index < -0.39 is 5.97 Å². The van der Waals surface area contributed by atoms with Gasteiger partial charge in [0.1, 0.15) is 5.69 Å². The van der Waals surface area contributed by atoms with Crippen molar-refractivity contribution in [3.63, 3.8) is 0 Å². The molecular weight excluding hydrogens is 232 g/mol. The van der Waals surface area contributed by atoms with Crippen molar-refractivity contribution in [3.8, 4) is 11.5 Å². The van der Waals surface area contributed by atoms with Crippen molar-refractivity contribution in [2.75, 3.05) is 0 Å². The Kier molecular flexibility index (Phi) is 2.26. The molecule has 0 aliphatic rings. The van der Waals surface area contributed by atoms with Crippen molar-refractivity contribution in [2.45, 2.75) is 0 Å². The Labute approximate surface area is 102 Å². The van der Waals surface area contributed by atoms with Gasteiger partial charge in [-0.25, -0.2) is 9.78 Å². The number of carboxylic acid groups (broad SMARTS) is 1. The summed E-state index contributed by atoms with van der Waals surface area (Å²) in [6.07, 6.45) is 6.35. The standard InChI is InChI=1S/C12H8N4O2/c17-12(18)10-9-7-13-5-6-16(9)11(15-10)8-3-1-2-4-14-8/h1-7H,(H,17,18). The van der Waals surface area contributed by atoms with Crippen molar-refractivity contribution in [2.24, 2.45) is 0 Å². The molecule has 0 aliphatic heterocycles. The van der Waals surface area contributed by atoms with E-state index in [2.05, 4.69) is 15.0 Å². The van der Waals surface area contributed by atoms with Gasteiger partial charge in [0.15, 0.2) is 11.5 Å². The molecule has 6 nitrogen and oxygen atoms in total. The highest BCUT2D eigenvalue weighted by Crippen LogP contribution is 2.20. The molecule has 0 bridgehead atoms. The zero-order valence-electron chi connectivity index (χ0n) is 9.19. The Bertz CT molecular complexity index is 721. The predicted molar refractivity (Wildman–Crippen MR) is 63.2 cm³/mol. The molecule has 0 fully saturated rings. The molecule has 3 aromatic rings. The molecule has 0 aromatic carbocycles. The van der Waals surface area contributed by atoms with Crippen LogP contribution in [-0.2, 0) is 0 Å². The maximum atomic E-state index is 11.1. The number of aromatic nitrogens is 4. The van der Waals surface area contributed by atoms with Crippen LogP contribution in [0.2, 0.25) is 0 Å². The molecule has 3 aromatic heterocycles. The smallest absolute Gasteiger partial charge is 0.356 e. The number of hydrogen-bond donors (Lipinski definition) is 1. The summed E-state index contributed by atoms with van der Waals surface area (Å²) < 4.78 is 1.67. The highest BCUT2D eigenvalue weighted by atomic mass is 16.4. The van der Waals surface area contributed by atoms with Crippen LogP contribution in [0.25, 0.3) is 17.0 Å². The minimum atomic E-state index is -1.08. The average molecular weight is 240 g/mol. The first kappa shape index (κ1) is 10.4. The van der Waals surface area contributed by atoms with Crippen LogP contribution in [0.4, 0.5) is 0 Å². The van der Waals surface area contributed by atoms with Crippen molar-refractivity contribution >= 4 is 11.5 Å². The number of imidazole rings is 1. The minimum absolute atomic E-state index is 0.0243. The lowest BCUT2D eigenvalue weighted by atomic mass is 10.3. The van der Waals surface area contributed by atoms with Crippen molar-refractivity contribution in [1.82, 2.24) is 19.4 Å². The van der Waals surface area contributed by atoms with Crippen LogP contribution in [0.3, 0.4) is 0 Å². The monoisotopic (exact) mass is 240 g/mol. The third kappa shape index (κ3) is 1.51. The largest absolute Gasteiger partial charge is 0.476 e. The number of pyridine rings is 1. The number of aromatic carboxylic acids is 1. The van der Waals surface area contributed by atoms with Crippen molar-refractivity contribution in [1.29, 1.82) is 0 Å². The van der Waals surface area contributed by atoms with E-state index >= 15 is 0 Å². The second kappa shape index (κ2) is 3.92. The predicted octanol–water partition coefficient (Wildman–Crippen LogP) is 1.49. The number of carbonyl (C=O) groups is 1. The first-order valence-electron chi connectivity index (χ1n) is 5.24. The number of nitrogens with zero attached hydrogens (tertiary/aromatic N) is 4. The minimum Gasteiger partial charge on any atom is -0.476 e. The molecule has 1 N–H and O–H groups in total. The Morgan fingerprint density at radius 2 is 2.17 bits per heavy atom. The molecule has 0 spiro atoms. The fourth-order valence-electron chi connectivity index (χ4n) is 1.77. The summed E-state index contributed by atoms with van der Waals surface area (Å²) in [7, 11) is 0. The third-order valence-electron chi connectivity index (χ3n) is 2.54. The van der Waals surface area contributed by atoms with Crippen LogP contribution in [0, 0.1) is 0 Å². The van der Waals surface area contributed by atoms with E-state index in [0.717, 1.165) is 0 Å². The first-order chi connectivity index (χ1) is 8.77. The molecule has 0 saturated carbocycles. The molecule has 6 heteroatoms. The fraction of sp³-hybridized carbons (Fsp3) is 0. The van der Waals surface area contributed by atoms with Gasteiger partial charge in [-0.2, -0.15) is 0 Å². The second-order valence-corrected chi connectivity index (χ2v) is 3.64. The average Bonchev–Trinajstić information content (AvgIpc) is 2.79. The molecule has 3 rings (SSSR count). The van der Waals surface area contributed by atoms with Gasteiger partial charge in [-0.1, -0.05) is 6.07 Å². The van der Waals surface area contributed by atoms with Gasteiger partial charge in [0.2, 0.25) is 0 Å². The summed E-state index contributed by atoms with van der Waals surface area (Å²) in [6, 6.07) is 5.39. The molecule has 0 atom stereocenters. The zero-order chi connectivity index (χ0) is 12.5. The van der Waals surface area contributed by atoms with Gasteiger partial charge in [-0.05, 0) is 12.1 Å². The zero-order valence-corrected chi connectivity index (χ0v) is 9.19. The van der Waals surface area contributed by atoms with Gasteiger partial charge >= 0.3 is 5.97 Å². The number of rotatable bonds is 2. The quantitative estimate of drug-likeness (QED) is 0.734. The topological polar surface area (TPSA) is 80.4 Å². The lowest BCUT2D eigenvalue weighted by Crippen LogP contribution is -1.97. The molecule has 0 unspecified atom stereocenters. The first-order valence-corrected chi connectivity index (χ1v) is 5.24. The van der Waals surface area contributed by atoms with Gasteiger partial charge in [0.05, 0.1) is 11.7 Å². The van der Waals surface area contributed by atoms with E-state index in [-0.39, 0.29) is 5.69 Å². The highest BCUT2D eigenvalue weighted by Gasteiger charge is 2.17. The van der Waals surface area contributed by atoms with Crippen LogP contribution in [0.15, 0.2) is 43.0 Å². The normalized spacial score (nSPS) is 10.7. The summed E-state index contributed by atoms with van der Waals surface area (Å²) in [4.78, 5) is 23.3. The van der Waals surface area contributed by atoms with Crippen molar-refractivity contribution < 1.29 is 9.90 Å². The van der Waals surface area contributed by atoms with E-state index in [1.54, 1.807) is 35.1 Å². The van der Waals surface area contributed by atoms with E-state index in [1.165, 1.54) is 6.20 Å². The maximum Gasteiger partial charge on any atom is 0.356 e. The van der Waals surface area contributed by atoms with Crippen LogP contribution in [0.5, 0.6) is 0 Å². The molecule has 0 amide bonds. The Hall–Kier alpha value is -2.76. The summed E-state index contributed by atoms with van der Waals surface area (Å²) in [6.45, 7) is 0. The van der Waals surface area contributed by atoms with E-state index in [4.69, 9.17) is 5.11 Å². The third-order valence-corrected chi connectivity index (χ3v) is 2.54. The Morgan fingerprint density at radius 3 is 2.89 bits per heavy atom. The summed E-state index contributed by atoms with van der Waals surface area (Å²) >= 11 is 0. The van der Waals surface area contributed by atoms with Gasteiger partial charge in [0, 0.05) is 18.6 Å². The summed E-state index contributed by atoms with van der Waals surface area (Å²) in [5, 5.41) is 9.12. The Balaban J connectivity index is 2.34. The van der Waals surface area contributed by atoms with Crippen LogP contribution in [0.1, 0.15) is 10.5 Å². The summed E-state index contributed by atoms with van der Waals surface area (Å²) in [5.74, 6) is -0.590. The van der Waals surface area contributed by atoms with E-state index in [1.807, 2.05) is 6.07 Å². The van der Waals surface area contributed by atoms with Crippen LogP contribution < -0.4 is 0 Å². The fourth-order valence-corrected chi connectivity index (χ4v) is 1.77. The molecule has 18 heavy (non-hydrogen) atoms. The SMILES string of the molecule is O=C(O)c1nc(-c2ccccn2)n2ccncc12. The highest BCUT2D eigenvalue weighted by molar-refractivity contribution is 5.94. The number of hydrogen-bond acceptors (Lipinski definition) is 4. The van der Waals surface area contributed by atoms with Gasteiger partial charge in [-0.15, -0.1) is 0 Å². The summed E-state index contributed by atoms with van der Waals surface area (Å²) in [5.41, 5.74) is 1.04. The molecule has 0 saturated heterocycles. The lowest BCUT2D eigenvalue weighted by molar-refractivity contribution is 0.0693. The molecule has 0 aliphatic carbocycles. The van der Waals surface area contributed by atoms with Gasteiger partial charge in [0.25, 0.3) is 0 Å². The van der Waals surface area contributed by atoms with E-state index in [9.17, 15) is 4.79 Å². The maximum absolute atomic E-state index is 11.1. The molecule has 0 radical (unpaired) electrons. The van der Waals surface area contributed by atoms with Crippen molar-refractivity contribution in [3.05, 3.63) is 48.7 Å². The lowest BCUT2D eigenvalue weighted by Gasteiger charge is -1.98. The molecular formula is C12H8N4O2. The van der Waals surface area contributed by atoms with E-state index in [0.29, 0.717) is 17.0 Å². The Morgan fingerprint density at radius 1 is 1.28 bits per heavy atom. The number of fused-ring (bicyclic) bond motifs is 1. The van der Waals surface area contributed by atoms with Crippen LogP contribution in [-0.4, -0.2) is 30.4 Å². The molecule has 88 valence electrons. The van der Waals surface area contributed by atoms with Gasteiger partial charge in [-0.3, -0.25) is 14.4 Å². The number of carboxylic acids is 1. The molecule has 3 heterocycles. The van der Waals surface area contributed by atoms with Crippen LogP contribution >= 0.6 is 0 Å². The second-order valence-electron chi connectivity index (χ2n) is 3.64. The van der Waals surface area contributed by atoms with Gasteiger partial charge < -0.3 is 5.11 Å².